The van der Waals surface area contributed by atoms with Gasteiger partial charge in [-0.25, -0.2) is 0 Å². The van der Waals surface area contributed by atoms with E-state index in [1.807, 2.05) is 19.1 Å². The number of carbonyl (C=O) groups excluding carboxylic acids is 1. The van der Waals surface area contributed by atoms with Crippen molar-refractivity contribution in [2.75, 3.05) is 13.2 Å². The molecule has 20 heavy (non-hydrogen) atoms. The number of aliphatic hydroxyl groups is 1. The van der Waals surface area contributed by atoms with Crippen molar-refractivity contribution in [3.63, 3.8) is 0 Å². The average molecular weight is 273 g/mol. The van der Waals surface area contributed by atoms with Gasteiger partial charge in [0.2, 0.25) is 0 Å². The van der Waals surface area contributed by atoms with Crippen LogP contribution >= 0.6 is 0 Å². The van der Waals surface area contributed by atoms with Gasteiger partial charge in [0, 0.05) is 17.7 Å². The summed E-state index contributed by atoms with van der Waals surface area (Å²) in [7, 11) is 0. The quantitative estimate of drug-likeness (QED) is 0.639. The molecule has 3 heteroatoms. The lowest BCUT2D eigenvalue weighted by Gasteiger charge is -2.08. The molecule has 0 heterocycles. The second kappa shape index (κ2) is 8.39. The van der Waals surface area contributed by atoms with Crippen LogP contribution in [0.4, 0.5) is 0 Å². The Balaban J connectivity index is 2.65. The highest BCUT2D eigenvalue weighted by Crippen LogP contribution is 2.09. The van der Waals surface area contributed by atoms with Crippen LogP contribution < -0.4 is 5.32 Å². The number of aliphatic hydroxyl groups excluding tert-OH is 1. The Morgan fingerprint density at radius 1 is 1.35 bits per heavy atom. The fraction of sp³-hybridized carbons (Fsp3) is 0.471. The van der Waals surface area contributed by atoms with E-state index in [2.05, 4.69) is 31.0 Å². The Morgan fingerprint density at radius 2 is 2.10 bits per heavy atom. The molecule has 1 aromatic carbocycles. The zero-order valence-electron chi connectivity index (χ0n) is 12.5. The summed E-state index contributed by atoms with van der Waals surface area (Å²) < 4.78 is 0. The summed E-state index contributed by atoms with van der Waals surface area (Å²) >= 11 is 0. The number of hydrogen-bond acceptors (Lipinski definition) is 2. The molecule has 0 bridgehead atoms. The van der Waals surface area contributed by atoms with Crippen LogP contribution in [0.5, 0.6) is 0 Å². The summed E-state index contributed by atoms with van der Waals surface area (Å²) in [5.41, 5.74) is 2.37. The predicted octanol–water partition coefficient (Wildman–Crippen LogP) is 2.50. The van der Waals surface area contributed by atoms with Gasteiger partial charge in [-0.05, 0) is 49.4 Å². The molecule has 0 radical (unpaired) electrons. The van der Waals surface area contributed by atoms with Gasteiger partial charge in [0.05, 0.1) is 0 Å². The first-order valence-corrected chi connectivity index (χ1v) is 7.02. The number of nitrogens with one attached hydrogen (secondary N) is 1. The summed E-state index contributed by atoms with van der Waals surface area (Å²) in [5, 5.41) is 11.6. The molecule has 0 fully saturated rings. The average Bonchev–Trinajstić information content (AvgIpc) is 2.40. The van der Waals surface area contributed by atoms with Crippen LogP contribution in [-0.2, 0) is 0 Å². The molecule has 0 saturated carbocycles. The highest BCUT2D eigenvalue weighted by Gasteiger charge is 2.06. The third-order valence-electron chi connectivity index (χ3n) is 2.90. The first-order chi connectivity index (χ1) is 9.52. The standard InChI is InChI=1S/C17H23NO2/c1-13(2)6-4-8-18-17(20)16-11-14(3)10-15(12-16)7-5-9-19/h10-13,19H,4,6,8-9H2,1-3H3,(H,18,20). The van der Waals surface area contributed by atoms with Crippen molar-refractivity contribution in [3.8, 4) is 11.8 Å². The number of amides is 1. The fourth-order valence-corrected chi connectivity index (χ4v) is 1.94. The molecule has 0 spiro atoms. The SMILES string of the molecule is Cc1cc(C#CCO)cc(C(=O)NCCCC(C)C)c1. The molecule has 0 aromatic heterocycles. The number of hydrogen-bond donors (Lipinski definition) is 2. The third-order valence-corrected chi connectivity index (χ3v) is 2.90. The Morgan fingerprint density at radius 3 is 2.75 bits per heavy atom. The molecule has 0 unspecified atom stereocenters. The molecule has 0 aliphatic rings. The van der Waals surface area contributed by atoms with E-state index in [9.17, 15) is 4.79 Å². The van der Waals surface area contributed by atoms with Gasteiger partial charge in [-0.2, -0.15) is 0 Å². The second-order valence-electron chi connectivity index (χ2n) is 5.34. The third kappa shape index (κ3) is 5.90. The lowest BCUT2D eigenvalue weighted by Crippen LogP contribution is -2.24. The van der Waals surface area contributed by atoms with Gasteiger partial charge >= 0.3 is 0 Å². The maximum absolute atomic E-state index is 12.1. The molecule has 1 rings (SSSR count). The van der Waals surface area contributed by atoms with Gasteiger partial charge in [0.15, 0.2) is 0 Å². The minimum absolute atomic E-state index is 0.0653. The second-order valence-corrected chi connectivity index (χ2v) is 5.34. The molecule has 108 valence electrons. The molecule has 0 aliphatic heterocycles. The van der Waals surface area contributed by atoms with Gasteiger partial charge in [0.25, 0.3) is 5.91 Å². The van der Waals surface area contributed by atoms with Crippen molar-refractivity contribution in [1.29, 1.82) is 0 Å². The number of rotatable bonds is 5. The largest absolute Gasteiger partial charge is 0.384 e. The summed E-state index contributed by atoms with van der Waals surface area (Å²) in [4.78, 5) is 12.1. The molecule has 0 aliphatic carbocycles. The molecule has 0 atom stereocenters. The van der Waals surface area contributed by atoms with Crippen LogP contribution in [0, 0.1) is 24.7 Å². The van der Waals surface area contributed by atoms with E-state index in [4.69, 9.17) is 5.11 Å². The van der Waals surface area contributed by atoms with E-state index in [1.54, 1.807) is 6.07 Å². The van der Waals surface area contributed by atoms with E-state index in [1.165, 1.54) is 0 Å². The minimum Gasteiger partial charge on any atom is -0.384 e. The van der Waals surface area contributed by atoms with Gasteiger partial charge < -0.3 is 10.4 Å². The van der Waals surface area contributed by atoms with Crippen molar-refractivity contribution in [1.82, 2.24) is 5.32 Å². The van der Waals surface area contributed by atoms with Gasteiger partial charge in [0.1, 0.15) is 6.61 Å². The van der Waals surface area contributed by atoms with Gasteiger partial charge in [-0.3, -0.25) is 4.79 Å². The van der Waals surface area contributed by atoms with Crippen molar-refractivity contribution in [3.05, 3.63) is 34.9 Å². The first kappa shape index (κ1) is 16.3. The molecule has 3 nitrogen and oxygen atoms in total. The number of benzene rings is 1. The summed E-state index contributed by atoms with van der Waals surface area (Å²) in [6, 6.07) is 5.51. The van der Waals surface area contributed by atoms with E-state index >= 15 is 0 Å². The molecule has 0 saturated heterocycles. The van der Waals surface area contributed by atoms with E-state index < -0.39 is 0 Å². The topological polar surface area (TPSA) is 49.3 Å². The molecular formula is C17H23NO2. The van der Waals surface area contributed by atoms with Crippen LogP contribution in [0.15, 0.2) is 18.2 Å². The van der Waals surface area contributed by atoms with Crippen molar-refractivity contribution in [2.24, 2.45) is 5.92 Å². The summed E-state index contributed by atoms with van der Waals surface area (Å²) in [5.74, 6) is 6.02. The summed E-state index contributed by atoms with van der Waals surface area (Å²) in [6.07, 6.45) is 2.10. The highest BCUT2D eigenvalue weighted by atomic mass is 16.2. The van der Waals surface area contributed by atoms with Crippen LogP contribution in [0.3, 0.4) is 0 Å². The Hall–Kier alpha value is -1.79. The lowest BCUT2D eigenvalue weighted by atomic mass is 10.1. The molecule has 1 amide bonds. The lowest BCUT2D eigenvalue weighted by molar-refractivity contribution is 0.0952. The van der Waals surface area contributed by atoms with Crippen molar-refractivity contribution >= 4 is 5.91 Å². The molecule has 2 N–H and O–H groups in total. The zero-order valence-corrected chi connectivity index (χ0v) is 12.5. The number of aryl methyl sites for hydroxylation is 1. The van der Waals surface area contributed by atoms with Crippen molar-refractivity contribution < 1.29 is 9.90 Å². The van der Waals surface area contributed by atoms with Crippen LogP contribution in [0.2, 0.25) is 0 Å². The van der Waals surface area contributed by atoms with Gasteiger partial charge in [-0.1, -0.05) is 25.7 Å². The maximum atomic E-state index is 12.1. The Labute approximate surface area is 121 Å². The normalized spacial score (nSPS) is 10.1. The highest BCUT2D eigenvalue weighted by molar-refractivity contribution is 5.94. The molecular weight excluding hydrogens is 250 g/mol. The van der Waals surface area contributed by atoms with E-state index in [0.717, 1.165) is 24.0 Å². The van der Waals surface area contributed by atoms with E-state index in [-0.39, 0.29) is 12.5 Å². The zero-order chi connectivity index (χ0) is 15.0. The number of carbonyl (C=O) groups is 1. The van der Waals surface area contributed by atoms with Crippen LogP contribution in [0.1, 0.15) is 48.2 Å². The summed E-state index contributed by atoms with van der Waals surface area (Å²) in [6.45, 7) is 6.80. The van der Waals surface area contributed by atoms with Gasteiger partial charge in [-0.15, -0.1) is 0 Å². The Kier molecular flexibility index (Phi) is 6.83. The smallest absolute Gasteiger partial charge is 0.251 e. The van der Waals surface area contributed by atoms with Crippen LogP contribution in [-0.4, -0.2) is 24.2 Å². The fourth-order valence-electron chi connectivity index (χ4n) is 1.94. The van der Waals surface area contributed by atoms with Crippen molar-refractivity contribution in [2.45, 2.75) is 33.6 Å². The maximum Gasteiger partial charge on any atom is 0.251 e. The van der Waals surface area contributed by atoms with E-state index in [0.29, 0.717) is 18.0 Å². The van der Waals surface area contributed by atoms with Crippen LogP contribution in [0.25, 0.3) is 0 Å². The minimum atomic E-state index is -0.176. The predicted molar refractivity (Wildman–Crippen MR) is 81.5 cm³/mol. The monoisotopic (exact) mass is 273 g/mol. The first-order valence-electron chi connectivity index (χ1n) is 7.02. The Bertz CT molecular complexity index is 509. The molecule has 1 aromatic rings.